The standard InChI is InChI=1S/C16H20O7S2/c1-16(9-21-13(17)7-24,10-22-14(18)8-25)15(19)23-12-6-4-3-5-11(12)20-2/h3-6,24-25H,7-10H2,1-2H3. The second kappa shape index (κ2) is 10.2. The van der Waals surface area contributed by atoms with Gasteiger partial charge in [0.15, 0.2) is 11.5 Å². The molecular weight excluding hydrogens is 368 g/mol. The maximum absolute atomic E-state index is 12.6. The van der Waals surface area contributed by atoms with E-state index in [9.17, 15) is 14.4 Å². The summed E-state index contributed by atoms with van der Waals surface area (Å²) in [5.74, 6) is -1.70. The number of carbonyl (C=O) groups excluding carboxylic acids is 3. The summed E-state index contributed by atoms with van der Waals surface area (Å²) in [6.07, 6.45) is 0. The van der Waals surface area contributed by atoms with Crippen LogP contribution in [0.15, 0.2) is 24.3 Å². The van der Waals surface area contributed by atoms with Crippen molar-refractivity contribution in [3.05, 3.63) is 24.3 Å². The first kappa shape index (κ1) is 21.2. The van der Waals surface area contributed by atoms with Crippen LogP contribution in [0, 0.1) is 5.41 Å². The van der Waals surface area contributed by atoms with Gasteiger partial charge in [-0.05, 0) is 19.1 Å². The van der Waals surface area contributed by atoms with Crippen molar-refractivity contribution in [2.24, 2.45) is 5.41 Å². The summed E-state index contributed by atoms with van der Waals surface area (Å²) in [4.78, 5) is 35.3. The number of thiol groups is 2. The first-order valence-corrected chi connectivity index (χ1v) is 8.51. The predicted molar refractivity (Wildman–Crippen MR) is 96.4 cm³/mol. The molecule has 0 unspecified atom stereocenters. The Bertz CT molecular complexity index is 598. The zero-order valence-corrected chi connectivity index (χ0v) is 15.7. The molecule has 0 atom stereocenters. The zero-order valence-electron chi connectivity index (χ0n) is 13.9. The molecule has 138 valence electrons. The SMILES string of the molecule is COc1ccccc1OC(=O)C(C)(COC(=O)CS)COC(=O)CS. The highest BCUT2D eigenvalue weighted by atomic mass is 32.1. The summed E-state index contributed by atoms with van der Waals surface area (Å²) in [6, 6.07) is 6.57. The van der Waals surface area contributed by atoms with Gasteiger partial charge in [-0.2, -0.15) is 25.3 Å². The second-order valence-electron chi connectivity index (χ2n) is 5.24. The molecule has 0 aromatic heterocycles. The number of rotatable bonds is 9. The minimum atomic E-state index is -1.40. The van der Waals surface area contributed by atoms with Crippen LogP contribution in [0.3, 0.4) is 0 Å². The van der Waals surface area contributed by atoms with Gasteiger partial charge in [0.1, 0.15) is 18.6 Å². The number of esters is 3. The van der Waals surface area contributed by atoms with Gasteiger partial charge in [-0.25, -0.2) is 0 Å². The molecule has 1 rings (SSSR count). The zero-order chi connectivity index (χ0) is 18.9. The molecule has 0 spiro atoms. The van der Waals surface area contributed by atoms with Crippen LogP contribution in [0.4, 0.5) is 0 Å². The van der Waals surface area contributed by atoms with Crippen molar-refractivity contribution in [1.29, 1.82) is 0 Å². The summed E-state index contributed by atoms with van der Waals surface area (Å²) in [5.41, 5.74) is -1.40. The number of carbonyl (C=O) groups is 3. The minimum absolute atomic E-state index is 0.145. The van der Waals surface area contributed by atoms with Gasteiger partial charge in [0, 0.05) is 0 Å². The number of para-hydroxylation sites is 2. The molecule has 0 amide bonds. The Morgan fingerprint density at radius 1 is 0.960 bits per heavy atom. The van der Waals surface area contributed by atoms with E-state index in [-0.39, 0.29) is 30.5 Å². The van der Waals surface area contributed by atoms with E-state index in [1.807, 2.05) is 0 Å². The Kier molecular flexibility index (Phi) is 8.64. The van der Waals surface area contributed by atoms with Crippen molar-refractivity contribution in [2.75, 3.05) is 31.8 Å². The van der Waals surface area contributed by atoms with Gasteiger partial charge in [0.2, 0.25) is 0 Å². The third kappa shape index (κ3) is 6.50. The van der Waals surface area contributed by atoms with Gasteiger partial charge in [-0.1, -0.05) is 12.1 Å². The lowest BCUT2D eigenvalue weighted by atomic mass is 9.93. The average Bonchev–Trinajstić information content (AvgIpc) is 2.64. The van der Waals surface area contributed by atoms with Gasteiger partial charge in [-0.15, -0.1) is 0 Å². The van der Waals surface area contributed by atoms with Crippen molar-refractivity contribution >= 4 is 43.2 Å². The van der Waals surface area contributed by atoms with Crippen LogP contribution in [0.5, 0.6) is 11.5 Å². The summed E-state index contributed by atoms with van der Waals surface area (Å²) in [6.45, 7) is 0.794. The van der Waals surface area contributed by atoms with Gasteiger partial charge in [-0.3, -0.25) is 14.4 Å². The molecule has 9 heteroatoms. The van der Waals surface area contributed by atoms with E-state index in [0.717, 1.165) is 0 Å². The molecule has 0 saturated heterocycles. The number of benzene rings is 1. The van der Waals surface area contributed by atoms with Crippen LogP contribution in [0.1, 0.15) is 6.92 Å². The van der Waals surface area contributed by atoms with E-state index in [1.54, 1.807) is 24.3 Å². The fourth-order valence-corrected chi connectivity index (χ4v) is 1.84. The molecule has 0 heterocycles. The van der Waals surface area contributed by atoms with Crippen LogP contribution in [0.2, 0.25) is 0 Å². The van der Waals surface area contributed by atoms with Crippen LogP contribution in [0.25, 0.3) is 0 Å². The highest BCUT2D eigenvalue weighted by molar-refractivity contribution is 7.81. The Labute approximate surface area is 156 Å². The molecule has 0 aliphatic heterocycles. The summed E-state index contributed by atoms with van der Waals surface area (Å²) < 4.78 is 20.4. The molecule has 7 nitrogen and oxygen atoms in total. The van der Waals surface area contributed by atoms with E-state index in [2.05, 4.69) is 25.3 Å². The van der Waals surface area contributed by atoms with Crippen LogP contribution >= 0.6 is 25.3 Å². The van der Waals surface area contributed by atoms with E-state index < -0.39 is 23.3 Å². The predicted octanol–water partition coefficient (Wildman–Crippen LogP) is 1.55. The van der Waals surface area contributed by atoms with Crippen LogP contribution in [-0.2, 0) is 23.9 Å². The lowest BCUT2D eigenvalue weighted by Crippen LogP contribution is -2.42. The summed E-state index contributed by atoms with van der Waals surface area (Å²) >= 11 is 7.60. The van der Waals surface area contributed by atoms with Crippen molar-refractivity contribution < 1.29 is 33.3 Å². The topological polar surface area (TPSA) is 88.1 Å². The van der Waals surface area contributed by atoms with Crippen LogP contribution in [-0.4, -0.2) is 49.7 Å². The molecule has 0 fully saturated rings. The third-order valence-electron chi connectivity index (χ3n) is 3.13. The molecule has 0 bridgehead atoms. The van der Waals surface area contributed by atoms with Crippen LogP contribution < -0.4 is 9.47 Å². The molecule has 1 aromatic carbocycles. The molecule has 0 saturated carbocycles. The first-order valence-electron chi connectivity index (χ1n) is 7.24. The first-order chi connectivity index (χ1) is 11.9. The largest absolute Gasteiger partial charge is 0.493 e. The van der Waals surface area contributed by atoms with Crippen molar-refractivity contribution in [2.45, 2.75) is 6.92 Å². The fourth-order valence-electron chi connectivity index (χ4n) is 1.66. The van der Waals surface area contributed by atoms with Gasteiger partial charge >= 0.3 is 17.9 Å². The monoisotopic (exact) mass is 388 g/mol. The molecule has 0 N–H and O–H groups in total. The molecular formula is C16H20O7S2. The van der Waals surface area contributed by atoms with E-state index in [0.29, 0.717) is 5.75 Å². The molecule has 25 heavy (non-hydrogen) atoms. The maximum Gasteiger partial charge on any atom is 0.324 e. The quantitative estimate of drug-likeness (QED) is 0.377. The van der Waals surface area contributed by atoms with Crippen molar-refractivity contribution in [1.82, 2.24) is 0 Å². The van der Waals surface area contributed by atoms with Crippen molar-refractivity contribution in [3.63, 3.8) is 0 Å². The Morgan fingerprint density at radius 2 is 1.44 bits per heavy atom. The van der Waals surface area contributed by atoms with E-state index in [1.165, 1.54) is 14.0 Å². The number of methoxy groups -OCH3 is 1. The van der Waals surface area contributed by atoms with E-state index in [4.69, 9.17) is 18.9 Å². The van der Waals surface area contributed by atoms with E-state index >= 15 is 0 Å². The summed E-state index contributed by atoms with van der Waals surface area (Å²) in [7, 11) is 1.44. The normalized spacial score (nSPS) is 10.7. The molecule has 1 aromatic rings. The highest BCUT2D eigenvalue weighted by Crippen LogP contribution is 2.29. The van der Waals surface area contributed by atoms with Gasteiger partial charge < -0.3 is 18.9 Å². The Balaban J connectivity index is 2.93. The second-order valence-corrected chi connectivity index (χ2v) is 5.87. The lowest BCUT2D eigenvalue weighted by Gasteiger charge is -2.26. The highest BCUT2D eigenvalue weighted by Gasteiger charge is 2.39. The summed E-state index contributed by atoms with van der Waals surface area (Å²) in [5, 5.41) is 0. The molecule has 0 aliphatic carbocycles. The van der Waals surface area contributed by atoms with Gasteiger partial charge in [0.25, 0.3) is 0 Å². The number of hydrogen-bond donors (Lipinski definition) is 2. The average molecular weight is 388 g/mol. The smallest absolute Gasteiger partial charge is 0.324 e. The Hall–Kier alpha value is -1.87. The number of ether oxygens (including phenoxy) is 4. The Morgan fingerprint density at radius 3 is 1.88 bits per heavy atom. The van der Waals surface area contributed by atoms with Gasteiger partial charge in [0.05, 0.1) is 18.6 Å². The molecule has 0 aliphatic rings. The fraction of sp³-hybridized carbons (Fsp3) is 0.438. The number of hydrogen-bond acceptors (Lipinski definition) is 9. The van der Waals surface area contributed by atoms with Crippen molar-refractivity contribution in [3.8, 4) is 11.5 Å². The third-order valence-corrected chi connectivity index (χ3v) is 3.64. The molecule has 0 radical (unpaired) electrons. The minimum Gasteiger partial charge on any atom is -0.493 e. The lowest BCUT2D eigenvalue weighted by molar-refractivity contribution is -0.162. The maximum atomic E-state index is 12.6.